The number of aliphatic hydroxyl groups excluding tert-OH is 1. The van der Waals surface area contributed by atoms with Crippen molar-refractivity contribution >= 4 is 0 Å². The van der Waals surface area contributed by atoms with Crippen molar-refractivity contribution in [2.75, 3.05) is 20.2 Å². The van der Waals surface area contributed by atoms with Crippen LogP contribution in [0.25, 0.3) is 0 Å². The third kappa shape index (κ3) is 4.04. The molecule has 0 bridgehead atoms. The molecule has 0 spiro atoms. The van der Waals surface area contributed by atoms with Crippen LogP contribution in [0.5, 0.6) is 0 Å². The highest BCUT2D eigenvalue weighted by molar-refractivity contribution is 5.20. The number of benzene rings is 1. The summed E-state index contributed by atoms with van der Waals surface area (Å²) in [5.74, 6) is -0.143. The first-order valence-corrected chi connectivity index (χ1v) is 8.13. The van der Waals surface area contributed by atoms with E-state index in [0.717, 1.165) is 24.9 Å². The van der Waals surface area contributed by atoms with Gasteiger partial charge in [0.1, 0.15) is 5.82 Å². The number of hydrogen-bond acceptors (Lipinski definition) is 2. The quantitative estimate of drug-likeness (QED) is 0.824. The first-order chi connectivity index (χ1) is 10.1. The molecule has 0 amide bonds. The van der Waals surface area contributed by atoms with Crippen molar-refractivity contribution < 1.29 is 9.50 Å². The molecular formula is C18H28FNO. The Hall–Kier alpha value is -0.930. The van der Waals surface area contributed by atoms with Gasteiger partial charge in [-0.25, -0.2) is 4.39 Å². The molecule has 3 heteroatoms. The van der Waals surface area contributed by atoms with E-state index in [-0.39, 0.29) is 23.9 Å². The van der Waals surface area contributed by atoms with Crippen molar-refractivity contribution in [1.29, 1.82) is 0 Å². The average molecular weight is 293 g/mol. The van der Waals surface area contributed by atoms with Gasteiger partial charge in [-0.2, -0.15) is 0 Å². The molecule has 1 N–H and O–H groups in total. The zero-order chi connectivity index (χ0) is 15.3. The fourth-order valence-corrected chi connectivity index (χ4v) is 3.56. The lowest BCUT2D eigenvalue weighted by atomic mass is 9.80. The minimum atomic E-state index is -0.143. The molecule has 1 aliphatic rings. The minimum absolute atomic E-state index is 0.00916. The summed E-state index contributed by atoms with van der Waals surface area (Å²) in [7, 11) is 2.04. The van der Waals surface area contributed by atoms with Crippen molar-refractivity contribution in [2.45, 2.75) is 51.5 Å². The van der Waals surface area contributed by atoms with Crippen LogP contribution in [0, 0.1) is 11.2 Å². The van der Waals surface area contributed by atoms with Gasteiger partial charge in [0.2, 0.25) is 0 Å². The normalized spacial score (nSPS) is 20.2. The second kappa shape index (κ2) is 7.37. The van der Waals surface area contributed by atoms with Crippen LogP contribution in [0.4, 0.5) is 4.39 Å². The Morgan fingerprint density at radius 3 is 2.38 bits per heavy atom. The van der Waals surface area contributed by atoms with E-state index < -0.39 is 0 Å². The fraction of sp³-hybridized carbons (Fsp3) is 0.667. The topological polar surface area (TPSA) is 23.5 Å². The maximum absolute atomic E-state index is 13.9. The minimum Gasteiger partial charge on any atom is -0.396 e. The molecule has 1 unspecified atom stereocenters. The molecule has 1 aliphatic carbocycles. The standard InChI is InChI=1S/C18H28FNO/c1-15(16-9-5-6-10-17(16)19)20(2)13-18(14-21)11-7-3-4-8-12-18/h5-6,9-10,15,21H,3-4,7-8,11-14H2,1-2H3. The molecule has 0 heterocycles. The van der Waals surface area contributed by atoms with Crippen molar-refractivity contribution in [2.24, 2.45) is 5.41 Å². The summed E-state index contributed by atoms with van der Waals surface area (Å²) in [6.07, 6.45) is 7.10. The monoisotopic (exact) mass is 293 g/mol. The predicted molar refractivity (Wildman–Crippen MR) is 84.7 cm³/mol. The van der Waals surface area contributed by atoms with Crippen molar-refractivity contribution in [3.63, 3.8) is 0 Å². The van der Waals surface area contributed by atoms with Crippen LogP contribution in [-0.4, -0.2) is 30.2 Å². The summed E-state index contributed by atoms with van der Waals surface area (Å²) < 4.78 is 13.9. The predicted octanol–water partition coefficient (Wildman–Crippen LogP) is 4.15. The summed E-state index contributed by atoms with van der Waals surface area (Å²) in [4.78, 5) is 2.19. The van der Waals surface area contributed by atoms with Crippen LogP contribution in [-0.2, 0) is 0 Å². The maximum Gasteiger partial charge on any atom is 0.127 e. The number of nitrogens with zero attached hydrogens (tertiary/aromatic N) is 1. The molecule has 0 aromatic heterocycles. The van der Waals surface area contributed by atoms with Gasteiger partial charge in [-0.3, -0.25) is 4.90 Å². The summed E-state index contributed by atoms with van der Waals surface area (Å²) in [5, 5.41) is 9.92. The number of halogens is 1. The molecule has 118 valence electrons. The lowest BCUT2D eigenvalue weighted by Gasteiger charge is -2.37. The maximum atomic E-state index is 13.9. The fourth-order valence-electron chi connectivity index (χ4n) is 3.56. The van der Waals surface area contributed by atoms with Gasteiger partial charge in [-0.05, 0) is 32.9 Å². The Morgan fingerprint density at radius 2 is 1.81 bits per heavy atom. The molecule has 1 saturated carbocycles. The lowest BCUT2D eigenvalue weighted by molar-refractivity contribution is 0.0555. The smallest absolute Gasteiger partial charge is 0.127 e. The third-order valence-electron chi connectivity index (χ3n) is 5.10. The Morgan fingerprint density at radius 1 is 1.19 bits per heavy atom. The zero-order valence-electron chi connectivity index (χ0n) is 13.3. The molecule has 1 atom stereocenters. The SMILES string of the molecule is CC(c1ccccc1F)N(C)CC1(CO)CCCCCC1. The molecule has 0 aliphatic heterocycles. The van der Waals surface area contributed by atoms with Gasteiger partial charge in [0.05, 0.1) is 0 Å². The van der Waals surface area contributed by atoms with Gasteiger partial charge >= 0.3 is 0 Å². The van der Waals surface area contributed by atoms with E-state index in [9.17, 15) is 9.50 Å². The van der Waals surface area contributed by atoms with Crippen LogP contribution < -0.4 is 0 Å². The van der Waals surface area contributed by atoms with Crippen LogP contribution in [0.2, 0.25) is 0 Å². The molecule has 0 radical (unpaired) electrons. The van der Waals surface area contributed by atoms with Crippen LogP contribution in [0.3, 0.4) is 0 Å². The van der Waals surface area contributed by atoms with Gasteiger partial charge in [0, 0.05) is 30.2 Å². The highest BCUT2D eigenvalue weighted by Gasteiger charge is 2.33. The molecule has 0 saturated heterocycles. The van der Waals surface area contributed by atoms with E-state index in [2.05, 4.69) is 4.90 Å². The Bertz CT molecular complexity index is 441. The van der Waals surface area contributed by atoms with Gasteiger partial charge in [-0.15, -0.1) is 0 Å². The van der Waals surface area contributed by atoms with Crippen LogP contribution in [0.1, 0.15) is 57.1 Å². The number of aliphatic hydroxyl groups is 1. The van der Waals surface area contributed by atoms with E-state index in [1.165, 1.54) is 31.7 Å². The number of hydrogen-bond donors (Lipinski definition) is 1. The third-order valence-corrected chi connectivity index (χ3v) is 5.10. The van der Waals surface area contributed by atoms with Crippen LogP contribution >= 0.6 is 0 Å². The summed E-state index contributed by atoms with van der Waals surface area (Å²) >= 11 is 0. The van der Waals surface area contributed by atoms with E-state index in [1.54, 1.807) is 6.07 Å². The molecule has 1 fully saturated rings. The average Bonchev–Trinajstić information content (AvgIpc) is 2.73. The Kier molecular flexibility index (Phi) is 5.77. The zero-order valence-corrected chi connectivity index (χ0v) is 13.3. The van der Waals surface area contributed by atoms with Gasteiger partial charge in [-0.1, -0.05) is 43.9 Å². The van der Waals surface area contributed by atoms with Crippen molar-refractivity contribution in [3.8, 4) is 0 Å². The molecule has 2 rings (SSSR count). The molecular weight excluding hydrogens is 265 g/mol. The van der Waals surface area contributed by atoms with Gasteiger partial charge in [0.25, 0.3) is 0 Å². The molecule has 1 aromatic rings. The second-order valence-corrected chi connectivity index (χ2v) is 6.68. The van der Waals surface area contributed by atoms with Crippen LogP contribution in [0.15, 0.2) is 24.3 Å². The Labute approximate surface area is 128 Å². The number of rotatable bonds is 5. The van der Waals surface area contributed by atoms with Crippen molar-refractivity contribution in [1.82, 2.24) is 4.90 Å². The first-order valence-electron chi connectivity index (χ1n) is 8.13. The lowest BCUT2D eigenvalue weighted by Crippen LogP contribution is -2.39. The molecule has 2 nitrogen and oxygen atoms in total. The highest BCUT2D eigenvalue weighted by Crippen LogP contribution is 2.37. The van der Waals surface area contributed by atoms with E-state index in [0.29, 0.717) is 0 Å². The summed E-state index contributed by atoms with van der Waals surface area (Å²) in [5.41, 5.74) is 0.729. The molecule has 21 heavy (non-hydrogen) atoms. The van der Waals surface area contributed by atoms with Crippen molar-refractivity contribution in [3.05, 3.63) is 35.6 Å². The van der Waals surface area contributed by atoms with E-state index >= 15 is 0 Å². The summed E-state index contributed by atoms with van der Waals surface area (Å²) in [6.45, 7) is 3.11. The highest BCUT2D eigenvalue weighted by atomic mass is 19.1. The van der Waals surface area contributed by atoms with E-state index in [1.807, 2.05) is 26.1 Å². The van der Waals surface area contributed by atoms with E-state index in [4.69, 9.17) is 0 Å². The van der Waals surface area contributed by atoms with Gasteiger partial charge < -0.3 is 5.11 Å². The molecule has 1 aromatic carbocycles. The second-order valence-electron chi connectivity index (χ2n) is 6.68. The summed E-state index contributed by atoms with van der Waals surface area (Å²) in [6, 6.07) is 7.02. The first kappa shape index (κ1) is 16.4. The largest absolute Gasteiger partial charge is 0.396 e. The van der Waals surface area contributed by atoms with Gasteiger partial charge in [0.15, 0.2) is 0 Å². The Balaban J connectivity index is 2.08.